The molecule has 0 aliphatic heterocycles. The first kappa shape index (κ1) is 16.1. The molecule has 1 rings (SSSR count). The van der Waals surface area contributed by atoms with Crippen LogP contribution >= 0.6 is 0 Å². The van der Waals surface area contributed by atoms with E-state index in [9.17, 15) is 14.0 Å². The molecule has 0 saturated heterocycles. The van der Waals surface area contributed by atoms with E-state index in [1.807, 2.05) is 13.8 Å². The molecule has 20 heavy (non-hydrogen) atoms. The van der Waals surface area contributed by atoms with Crippen LogP contribution in [0.15, 0.2) is 24.3 Å². The molecule has 0 heterocycles. The van der Waals surface area contributed by atoms with E-state index in [-0.39, 0.29) is 30.1 Å². The SMILES string of the molecule is CC(C)CC(=O)NCC(=O)NCCc1ccc(F)cc1. The fourth-order valence-electron chi connectivity index (χ4n) is 1.68. The van der Waals surface area contributed by atoms with Crippen molar-refractivity contribution in [3.8, 4) is 0 Å². The number of rotatable bonds is 7. The van der Waals surface area contributed by atoms with Crippen LogP contribution in [0.4, 0.5) is 4.39 Å². The Kier molecular flexibility index (Phi) is 6.70. The van der Waals surface area contributed by atoms with Crippen LogP contribution < -0.4 is 10.6 Å². The first-order chi connectivity index (χ1) is 9.47. The summed E-state index contributed by atoms with van der Waals surface area (Å²) < 4.78 is 12.7. The molecule has 0 aliphatic carbocycles. The third-order valence-electron chi connectivity index (χ3n) is 2.69. The van der Waals surface area contributed by atoms with Gasteiger partial charge >= 0.3 is 0 Å². The summed E-state index contributed by atoms with van der Waals surface area (Å²) in [6.45, 7) is 4.35. The van der Waals surface area contributed by atoms with Gasteiger partial charge in [0.05, 0.1) is 6.54 Å². The second-order valence-corrected chi connectivity index (χ2v) is 5.10. The van der Waals surface area contributed by atoms with Crippen LogP contribution in [0.3, 0.4) is 0 Å². The monoisotopic (exact) mass is 280 g/mol. The van der Waals surface area contributed by atoms with Crippen LogP contribution in [0.5, 0.6) is 0 Å². The topological polar surface area (TPSA) is 58.2 Å². The molecule has 2 amide bonds. The minimum atomic E-state index is -0.273. The van der Waals surface area contributed by atoms with Gasteiger partial charge in [-0.2, -0.15) is 0 Å². The van der Waals surface area contributed by atoms with E-state index in [4.69, 9.17) is 0 Å². The van der Waals surface area contributed by atoms with E-state index in [1.54, 1.807) is 12.1 Å². The molecular formula is C15H21FN2O2. The van der Waals surface area contributed by atoms with Gasteiger partial charge in [0.15, 0.2) is 0 Å². The molecule has 2 N–H and O–H groups in total. The summed E-state index contributed by atoms with van der Waals surface area (Å²) in [5, 5.41) is 5.28. The van der Waals surface area contributed by atoms with E-state index in [2.05, 4.69) is 10.6 Å². The number of hydrogen-bond acceptors (Lipinski definition) is 2. The van der Waals surface area contributed by atoms with Gasteiger partial charge < -0.3 is 10.6 Å². The summed E-state index contributed by atoms with van der Waals surface area (Å²) in [6, 6.07) is 6.16. The molecule has 0 saturated carbocycles. The fourth-order valence-corrected chi connectivity index (χ4v) is 1.68. The Morgan fingerprint density at radius 1 is 1.10 bits per heavy atom. The van der Waals surface area contributed by atoms with Crippen LogP contribution in [0.2, 0.25) is 0 Å². The summed E-state index contributed by atoms with van der Waals surface area (Å²) in [6.07, 6.45) is 1.05. The maximum atomic E-state index is 12.7. The smallest absolute Gasteiger partial charge is 0.239 e. The van der Waals surface area contributed by atoms with Crippen molar-refractivity contribution in [1.29, 1.82) is 0 Å². The van der Waals surface area contributed by atoms with Gasteiger partial charge in [0, 0.05) is 13.0 Å². The third-order valence-corrected chi connectivity index (χ3v) is 2.69. The Labute approximate surface area is 118 Å². The summed E-state index contributed by atoms with van der Waals surface area (Å²) in [5.74, 6) is -0.333. The molecule has 1 aromatic carbocycles. The first-order valence-corrected chi connectivity index (χ1v) is 6.75. The fraction of sp³-hybridized carbons (Fsp3) is 0.467. The third kappa shape index (κ3) is 6.87. The molecular weight excluding hydrogens is 259 g/mol. The molecule has 110 valence electrons. The minimum Gasteiger partial charge on any atom is -0.354 e. The maximum absolute atomic E-state index is 12.7. The van der Waals surface area contributed by atoms with E-state index < -0.39 is 0 Å². The van der Waals surface area contributed by atoms with Crippen molar-refractivity contribution in [1.82, 2.24) is 10.6 Å². The Morgan fingerprint density at radius 2 is 1.75 bits per heavy atom. The number of carbonyl (C=O) groups is 2. The van der Waals surface area contributed by atoms with Crippen molar-refractivity contribution in [2.75, 3.05) is 13.1 Å². The average Bonchev–Trinajstić information content (AvgIpc) is 2.38. The lowest BCUT2D eigenvalue weighted by molar-refractivity contribution is -0.126. The zero-order chi connectivity index (χ0) is 15.0. The molecule has 0 spiro atoms. The molecule has 0 aromatic heterocycles. The number of hydrogen-bond donors (Lipinski definition) is 2. The largest absolute Gasteiger partial charge is 0.354 e. The Bertz CT molecular complexity index is 444. The normalized spacial score (nSPS) is 10.4. The quantitative estimate of drug-likeness (QED) is 0.798. The molecule has 0 atom stereocenters. The van der Waals surface area contributed by atoms with Crippen LogP contribution in [0.1, 0.15) is 25.8 Å². The summed E-state index contributed by atoms with van der Waals surface area (Å²) in [7, 11) is 0. The molecule has 0 radical (unpaired) electrons. The average molecular weight is 280 g/mol. The van der Waals surface area contributed by atoms with Gasteiger partial charge in [-0.05, 0) is 30.0 Å². The van der Waals surface area contributed by atoms with E-state index in [0.717, 1.165) is 5.56 Å². The lowest BCUT2D eigenvalue weighted by atomic mass is 10.1. The second kappa shape index (κ2) is 8.30. The van der Waals surface area contributed by atoms with Crippen LogP contribution in [0, 0.1) is 11.7 Å². The standard InChI is InChI=1S/C15H21FN2O2/c1-11(2)9-14(19)18-10-15(20)17-8-7-12-3-5-13(16)6-4-12/h3-6,11H,7-10H2,1-2H3,(H,17,20)(H,18,19). The molecule has 5 heteroatoms. The van der Waals surface area contributed by atoms with E-state index >= 15 is 0 Å². The van der Waals surface area contributed by atoms with Crippen molar-refractivity contribution in [3.05, 3.63) is 35.6 Å². The first-order valence-electron chi connectivity index (χ1n) is 6.75. The highest BCUT2D eigenvalue weighted by Crippen LogP contribution is 2.02. The van der Waals surface area contributed by atoms with Gasteiger partial charge in [0.25, 0.3) is 0 Å². The zero-order valence-corrected chi connectivity index (χ0v) is 11.9. The van der Waals surface area contributed by atoms with E-state index in [0.29, 0.717) is 19.4 Å². The van der Waals surface area contributed by atoms with E-state index in [1.165, 1.54) is 12.1 Å². The predicted molar refractivity (Wildman–Crippen MR) is 75.6 cm³/mol. The highest BCUT2D eigenvalue weighted by molar-refractivity contribution is 5.84. The maximum Gasteiger partial charge on any atom is 0.239 e. The minimum absolute atomic E-state index is 0.00499. The summed E-state index contributed by atoms with van der Waals surface area (Å²) in [4.78, 5) is 22.9. The van der Waals surface area contributed by atoms with Crippen molar-refractivity contribution in [2.45, 2.75) is 26.7 Å². The molecule has 0 aliphatic rings. The summed E-state index contributed by atoms with van der Waals surface area (Å²) in [5.41, 5.74) is 0.954. The Balaban J connectivity index is 2.17. The zero-order valence-electron chi connectivity index (χ0n) is 11.9. The molecule has 1 aromatic rings. The number of amides is 2. The highest BCUT2D eigenvalue weighted by atomic mass is 19.1. The second-order valence-electron chi connectivity index (χ2n) is 5.10. The lowest BCUT2D eigenvalue weighted by Crippen LogP contribution is -2.38. The van der Waals surface area contributed by atoms with Gasteiger partial charge in [0.1, 0.15) is 5.82 Å². The molecule has 4 nitrogen and oxygen atoms in total. The van der Waals surface area contributed by atoms with Crippen LogP contribution in [-0.2, 0) is 16.0 Å². The number of carbonyl (C=O) groups excluding carboxylic acids is 2. The van der Waals surface area contributed by atoms with Crippen molar-refractivity contribution < 1.29 is 14.0 Å². The highest BCUT2D eigenvalue weighted by Gasteiger charge is 2.06. The Hall–Kier alpha value is -1.91. The Morgan fingerprint density at radius 3 is 2.35 bits per heavy atom. The van der Waals surface area contributed by atoms with Crippen molar-refractivity contribution in [2.24, 2.45) is 5.92 Å². The van der Waals surface area contributed by atoms with Crippen LogP contribution in [-0.4, -0.2) is 24.9 Å². The molecule has 0 bridgehead atoms. The van der Waals surface area contributed by atoms with Crippen LogP contribution in [0.25, 0.3) is 0 Å². The van der Waals surface area contributed by atoms with Gasteiger partial charge in [-0.25, -0.2) is 4.39 Å². The van der Waals surface area contributed by atoms with Gasteiger partial charge in [-0.15, -0.1) is 0 Å². The predicted octanol–water partition coefficient (Wildman–Crippen LogP) is 1.65. The molecule has 0 unspecified atom stereocenters. The lowest BCUT2D eigenvalue weighted by Gasteiger charge is -2.08. The number of halogens is 1. The van der Waals surface area contributed by atoms with Crippen molar-refractivity contribution >= 4 is 11.8 Å². The van der Waals surface area contributed by atoms with Gasteiger partial charge in [-0.3, -0.25) is 9.59 Å². The molecule has 0 fully saturated rings. The number of benzene rings is 1. The number of nitrogens with one attached hydrogen (secondary N) is 2. The van der Waals surface area contributed by atoms with Gasteiger partial charge in [-0.1, -0.05) is 26.0 Å². The van der Waals surface area contributed by atoms with Gasteiger partial charge in [0.2, 0.25) is 11.8 Å². The summed E-state index contributed by atoms with van der Waals surface area (Å²) >= 11 is 0. The van der Waals surface area contributed by atoms with Crippen molar-refractivity contribution in [3.63, 3.8) is 0 Å².